The fourth-order valence-corrected chi connectivity index (χ4v) is 3.78. The fraction of sp³-hybridized carbons (Fsp3) is 0.538. The van der Waals surface area contributed by atoms with E-state index in [4.69, 9.17) is 0 Å². The van der Waals surface area contributed by atoms with Crippen molar-refractivity contribution < 1.29 is 8.42 Å². The van der Waals surface area contributed by atoms with Gasteiger partial charge in [0.05, 0.1) is 4.90 Å². The van der Waals surface area contributed by atoms with Crippen molar-refractivity contribution in [3.8, 4) is 0 Å². The Bertz CT molecular complexity index is 483. The highest BCUT2D eigenvalue weighted by atomic mass is 32.2. The molecule has 0 saturated heterocycles. The first-order chi connectivity index (χ1) is 7.77. The van der Waals surface area contributed by atoms with E-state index in [1.807, 2.05) is 46.8 Å². The highest BCUT2D eigenvalue weighted by Crippen LogP contribution is 2.21. The van der Waals surface area contributed by atoms with Crippen LogP contribution in [0.25, 0.3) is 0 Å². The number of aryl methyl sites for hydroxylation is 3. The normalized spacial score (nSPS) is 13.7. The molecule has 1 rings (SSSR count). The second-order valence-corrected chi connectivity index (χ2v) is 6.31. The van der Waals surface area contributed by atoms with Gasteiger partial charge in [-0.3, -0.25) is 0 Å². The molecule has 0 aromatic heterocycles. The molecule has 0 heterocycles. The van der Waals surface area contributed by atoms with Crippen molar-refractivity contribution in [3.05, 3.63) is 28.8 Å². The predicted octanol–water partition coefficient (Wildman–Crippen LogP) is 2.69. The van der Waals surface area contributed by atoms with Gasteiger partial charge in [0.25, 0.3) is 0 Å². The van der Waals surface area contributed by atoms with Gasteiger partial charge in [0.1, 0.15) is 0 Å². The first kappa shape index (κ1) is 14.2. The molecule has 0 spiro atoms. The highest BCUT2D eigenvalue weighted by molar-refractivity contribution is 7.89. The van der Waals surface area contributed by atoms with Gasteiger partial charge < -0.3 is 0 Å². The first-order valence-electron chi connectivity index (χ1n) is 5.88. The maximum absolute atomic E-state index is 12.2. The maximum atomic E-state index is 12.2. The van der Waals surface area contributed by atoms with Crippen molar-refractivity contribution in [2.45, 2.75) is 52.0 Å². The third-order valence-electron chi connectivity index (χ3n) is 2.84. The molecule has 1 unspecified atom stereocenters. The molecule has 1 N–H and O–H groups in total. The van der Waals surface area contributed by atoms with E-state index >= 15 is 0 Å². The summed E-state index contributed by atoms with van der Waals surface area (Å²) in [5, 5.41) is 0. The number of hydrogen-bond donors (Lipinski definition) is 1. The van der Waals surface area contributed by atoms with Gasteiger partial charge in [0.2, 0.25) is 10.0 Å². The Balaban J connectivity index is 3.25. The lowest BCUT2D eigenvalue weighted by Gasteiger charge is -2.16. The molecule has 17 heavy (non-hydrogen) atoms. The molecule has 0 aliphatic rings. The van der Waals surface area contributed by atoms with Crippen LogP contribution in [0.15, 0.2) is 17.0 Å². The van der Waals surface area contributed by atoms with Gasteiger partial charge in [-0.05, 0) is 45.2 Å². The van der Waals surface area contributed by atoms with Gasteiger partial charge in [0.15, 0.2) is 0 Å². The molecule has 1 atom stereocenters. The first-order valence-corrected chi connectivity index (χ1v) is 7.36. The number of rotatable bonds is 4. The maximum Gasteiger partial charge on any atom is 0.241 e. The summed E-state index contributed by atoms with van der Waals surface area (Å²) in [6, 6.07) is 3.76. The zero-order valence-electron chi connectivity index (χ0n) is 11.2. The molecule has 0 bridgehead atoms. The summed E-state index contributed by atoms with van der Waals surface area (Å²) in [4.78, 5) is 0.420. The predicted molar refractivity (Wildman–Crippen MR) is 70.7 cm³/mol. The molecule has 0 fully saturated rings. The molecular formula is C13H21NO2S. The third-order valence-corrected chi connectivity index (χ3v) is 4.74. The second-order valence-electron chi connectivity index (χ2n) is 4.66. The molecular weight excluding hydrogens is 234 g/mol. The van der Waals surface area contributed by atoms with Gasteiger partial charge >= 0.3 is 0 Å². The summed E-state index contributed by atoms with van der Waals surface area (Å²) in [5.41, 5.74) is 2.69. The summed E-state index contributed by atoms with van der Waals surface area (Å²) in [5.74, 6) is 0. The summed E-state index contributed by atoms with van der Waals surface area (Å²) >= 11 is 0. The second kappa shape index (κ2) is 5.19. The molecule has 3 nitrogen and oxygen atoms in total. The van der Waals surface area contributed by atoms with Gasteiger partial charge in [-0.25, -0.2) is 13.1 Å². The Kier molecular flexibility index (Phi) is 4.33. The minimum absolute atomic E-state index is 0.0416. The molecule has 0 saturated carbocycles. The van der Waals surface area contributed by atoms with Crippen molar-refractivity contribution in [2.75, 3.05) is 0 Å². The van der Waals surface area contributed by atoms with Crippen LogP contribution in [0.3, 0.4) is 0 Å². The standard InChI is InChI=1S/C13H21NO2S/c1-6-12(5)14-17(15,16)13-10(3)7-9(2)8-11(13)4/h7-8,12,14H,6H2,1-5H3. The van der Waals surface area contributed by atoms with Crippen LogP contribution in [0.2, 0.25) is 0 Å². The Hall–Kier alpha value is -0.870. The monoisotopic (exact) mass is 255 g/mol. The van der Waals surface area contributed by atoms with Crippen molar-refractivity contribution in [1.29, 1.82) is 0 Å². The lowest BCUT2D eigenvalue weighted by molar-refractivity contribution is 0.554. The van der Waals surface area contributed by atoms with Crippen LogP contribution < -0.4 is 4.72 Å². The van der Waals surface area contributed by atoms with E-state index < -0.39 is 10.0 Å². The minimum Gasteiger partial charge on any atom is -0.208 e. The van der Waals surface area contributed by atoms with Crippen LogP contribution in [0.5, 0.6) is 0 Å². The van der Waals surface area contributed by atoms with Crippen LogP contribution in [0.4, 0.5) is 0 Å². The van der Waals surface area contributed by atoms with Crippen LogP contribution in [-0.4, -0.2) is 14.5 Å². The molecule has 96 valence electrons. The van der Waals surface area contributed by atoms with Crippen molar-refractivity contribution in [1.82, 2.24) is 4.72 Å². The van der Waals surface area contributed by atoms with Crippen molar-refractivity contribution in [2.24, 2.45) is 0 Å². The summed E-state index contributed by atoms with van der Waals surface area (Å²) in [6.45, 7) is 9.48. The van der Waals surface area contributed by atoms with Crippen LogP contribution in [0, 0.1) is 20.8 Å². The Morgan fingerprint density at radius 3 is 2.06 bits per heavy atom. The largest absolute Gasteiger partial charge is 0.241 e. The Morgan fingerprint density at radius 1 is 1.18 bits per heavy atom. The topological polar surface area (TPSA) is 46.2 Å². The lowest BCUT2D eigenvalue weighted by atomic mass is 10.1. The van der Waals surface area contributed by atoms with Gasteiger partial charge in [0, 0.05) is 6.04 Å². The minimum atomic E-state index is -3.40. The zero-order chi connectivity index (χ0) is 13.2. The number of hydrogen-bond acceptors (Lipinski definition) is 2. The third kappa shape index (κ3) is 3.30. The molecule has 4 heteroatoms. The molecule has 0 radical (unpaired) electrons. The van der Waals surface area contributed by atoms with Gasteiger partial charge in [-0.15, -0.1) is 0 Å². The number of nitrogens with one attached hydrogen (secondary N) is 1. The summed E-state index contributed by atoms with van der Waals surface area (Å²) in [7, 11) is -3.40. The average molecular weight is 255 g/mol. The quantitative estimate of drug-likeness (QED) is 0.899. The van der Waals surface area contributed by atoms with E-state index in [0.717, 1.165) is 23.1 Å². The van der Waals surface area contributed by atoms with E-state index in [2.05, 4.69) is 4.72 Å². The Labute approximate surface area is 104 Å². The zero-order valence-corrected chi connectivity index (χ0v) is 12.0. The smallest absolute Gasteiger partial charge is 0.208 e. The molecule has 1 aromatic carbocycles. The van der Waals surface area contributed by atoms with Gasteiger partial charge in [-0.1, -0.05) is 24.6 Å². The Morgan fingerprint density at radius 2 is 1.65 bits per heavy atom. The van der Waals surface area contributed by atoms with E-state index in [1.54, 1.807) is 0 Å². The lowest BCUT2D eigenvalue weighted by Crippen LogP contribution is -2.32. The average Bonchev–Trinajstić information content (AvgIpc) is 2.14. The highest BCUT2D eigenvalue weighted by Gasteiger charge is 2.21. The van der Waals surface area contributed by atoms with E-state index in [1.165, 1.54) is 0 Å². The SMILES string of the molecule is CCC(C)NS(=O)(=O)c1c(C)cc(C)cc1C. The summed E-state index contributed by atoms with van der Waals surface area (Å²) in [6.07, 6.45) is 0.781. The van der Waals surface area contributed by atoms with E-state index in [0.29, 0.717) is 4.90 Å². The fourth-order valence-electron chi connectivity index (χ4n) is 2.00. The van der Waals surface area contributed by atoms with Crippen LogP contribution in [-0.2, 0) is 10.0 Å². The summed E-state index contributed by atoms with van der Waals surface area (Å²) < 4.78 is 27.2. The molecule has 0 aliphatic carbocycles. The van der Waals surface area contributed by atoms with Crippen LogP contribution in [0.1, 0.15) is 37.0 Å². The molecule has 0 aliphatic heterocycles. The molecule has 1 aromatic rings. The number of benzene rings is 1. The van der Waals surface area contributed by atoms with E-state index in [9.17, 15) is 8.42 Å². The van der Waals surface area contributed by atoms with Gasteiger partial charge in [-0.2, -0.15) is 0 Å². The van der Waals surface area contributed by atoms with Crippen molar-refractivity contribution >= 4 is 10.0 Å². The van der Waals surface area contributed by atoms with Crippen molar-refractivity contribution in [3.63, 3.8) is 0 Å². The van der Waals surface area contributed by atoms with Crippen LogP contribution >= 0.6 is 0 Å². The number of sulfonamides is 1. The molecule has 0 amide bonds. The van der Waals surface area contributed by atoms with E-state index in [-0.39, 0.29) is 6.04 Å².